The van der Waals surface area contributed by atoms with E-state index in [-0.39, 0.29) is 0 Å². The van der Waals surface area contributed by atoms with Crippen LogP contribution in [0.15, 0.2) is 11.1 Å². The molecule has 1 heteroatoms. The molecule has 0 aromatic carbocycles. The SMILES string of the molecule is C#C[C@H]1CC[C@H]2[C@@H]3CCC4CC(=O)CCC4=C3CC[C@]12C. The fourth-order valence-electron chi connectivity index (χ4n) is 6.22. The molecule has 5 atom stereocenters. The number of hydrogen-bond acceptors (Lipinski definition) is 1. The van der Waals surface area contributed by atoms with Crippen molar-refractivity contribution in [1.29, 1.82) is 0 Å². The Kier molecular flexibility index (Phi) is 3.07. The average Bonchev–Trinajstić information content (AvgIpc) is 2.83. The summed E-state index contributed by atoms with van der Waals surface area (Å²) >= 11 is 0. The van der Waals surface area contributed by atoms with Crippen molar-refractivity contribution in [1.82, 2.24) is 0 Å². The first-order valence-electron chi connectivity index (χ1n) is 8.83. The summed E-state index contributed by atoms with van der Waals surface area (Å²) in [6.45, 7) is 2.47. The number of Topliss-reactive ketones (excluding diaryl/α,β-unsaturated/α-hetero) is 1. The summed E-state index contributed by atoms with van der Waals surface area (Å²) in [7, 11) is 0. The highest BCUT2D eigenvalue weighted by molar-refractivity contribution is 5.80. The topological polar surface area (TPSA) is 17.1 Å². The van der Waals surface area contributed by atoms with Gasteiger partial charge in [0.05, 0.1) is 0 Å². The van der Waals surface area contributed by atoms with Crippen molar-refractivity contribution in [2.45, 2.75) is 64.7 Å². The summed E-state index contributed by atoms with van der Waals surface area (Å²) in [6.07, 6.45) is 16.2. The van der Waals surface area contributed by atoms with Crippen LogP contribution >= 0.6 is 0 Å². The van der Waals surface area contributed by atoms with E-state index in [9.17, 15) is 4.79 Å². The molecule has 0 spiro atoms. The molecule has 0 amide bonds. The Balaban J connectivity index is 1.68. The van der Waals surface area contributed by atoms with Crippen LogP contribution in [0.1, 0.15) is 64.7 Å². The third-order valence-electron chi connectivity index (χ3n) is 7.36. The van der Waals surface area contributed by atoms with Gasteiger partial charge in [0.25, 0.3) is 0 Å². The molecule has 21 heavy (non-hydrogen) atoms. The number of hydrogen-bond donors (Lipinski definition) is 0. The third kappa shape index (κ3) is 1.88. The van der Waals surface area contributed by atoms with Crippen LogP contribution in [0.25, 0.3) is 0 Å². The summed E-state index contributed by atoms with van der Waals surface area (Å²) in [4.78, 5) is 11.7. The maximum atomic E-state index is 11.7. The number of allylic oxidation sites excluding steroid dienone is 2. The van der Waals surface area contributed by atoms with E-state index < -0.39 is 0 Å². The van der Waals surface area contributed by atoms with Gasteiger partial charge in [-0.15, -0.1) is 12.3 Å². The third-order valence-corrected chi connectivity index (χ3v) is 7.36. The average molecular weight is 282 g/mol. The second kappa shape index (κ2) is 4.73. The highest BCUT2D eigenvalue weighted by Crippen LogP contribution is 2.62. The smallest absolute Gasteiger partial charge is 0.133 e. The normalized spacial score (nSPS) is 45.6. The van der Waals surface area contributed by atoms with Gasteiger partial charge in [0.2, 0.25) is 0 Å². The molecule has 112 valence electrons. The van der Waals surface area contributed by atoms with Crippen LogP contribution in [0.5, 0.6) is 0 Å². The van der Waals surface area contributed by atoms with Crippen molar-refractivity contribution in [3.63, 3.8) is 0 Å². The lowest BCUT2D eigenvalue weighted by Gasteiger charge is -2.49. The van der Waals surface area contributed by atoms with Crippen molar-refractivity contribution in [2.24, 2.45) is 29.1 Å². The Morgan fingerprint density at radius 2 is 1.95 bits per heavy atom. The molecule has 3 fully saturated rings. The molecule has 0 bridgehead atoms. The number of ketones is 1. The van der Waals surface area contributed by atoms with Crippen LogP contribution in [-0.2, 0) is 4.79 Å². The van der Waals surface area contributed by atoms with Crippen molar-refractivity contribution in [3.8, 4) is 12.3 Å². The van der Waals surface area contributed by atoms with E-state index in [1.807, 2.05) is 0 Å². The van der Waals surface area contributed by atoms with Gasteiger partial charge in [0.1, 0.15) is 5.78 Å². The second-order valence-corrected chi connectivity index (χ2v) is 8.08. The zero-order valence-corrected chi connectivity index (χ0v) is 13.2. The number of carbonyl (C=O) groups is 1. The zero-order valence-electron chi connectivity index (χ0n) is 13.2. The van der Waals surface area contributed by atoms with E-state index in [0.717, 1.165) is 31.1 Å². The minimum atomic E-state index is 0.390. The van der Waals surface area contributed by atoms with Crippen molar-refractivity contribution >= 4 is 5.78 Å². The first-order valence-corrected chi connectivity index (χ1v) is 8.83. The van der Waals surface area contributed by atoms with E-state index in [2.05, 4.69) is 12.8 Å². The Hall–Kier alpha value is -1.03. The van der Waals surface area contributed by atoms with Gasteiger partial charge in [-0.3, -0.25) is 4.79 Å². The predicted molar refractivity (Wildman–Crippen MR) is 84.5 cm³/mol. The molecular weight excluding hydrogens is 256 g/mol. The molecule has 0 N–H and O–H groups in total. The van der Waals surface area contributed by atoms with Gasteiger partial charge in [-0.05, 0) is 68.1 Å². The molecule has 1 nitrogen and oxygen atoms in total. The van der Waals surface area contributed by atoms with E-state index >= 15 is 0 Å². The quantitative estimate of drug-likeness (QED) is 0.471. The van der Waals surface area contributed by atoms with E-state index in [4.69, 9.17) is 6.42 Å². The Labute approximate surface area is 128 Å². The standard InChI is InChI=1S/C20H26O/c1-3-14-5-9-19-18-7-4-13-12-15(21)6-8-16(13)17(18)10-11-20(14,19)2/h1,13-14,18-19H,4-12H2,2H3/t13?,14-,18+,19-,20+/m0/s1. The van der Waals surface area contributed by atoms with Gasteiger partial charge >= 0.3 is 0 Å². The van der Waals surface area contributed by atoms with Crippen molar-refractivity contribution < 1.29 is 4.79 Å². The second-order valence-electron chi connectivity index (χ2n) is 8.08. The number of rotatable bonds is 0. The molecule has 0 aromatic heterocycles. The summed E-state index contributed by atoms with van der Waals surface area (Å²) in [5.41, 5.74) is 3.87. The Bertz CT molecular complexity index is 549. The molecule has 4 aliphatic carbocycles. The zero-order chi connectivity index (χ0) is 14.6. The van der Waals surface area contributed by atoms with Gasteiger partial charge in [-0.2, -0.15) is 0 Å². The van der Waals surface area contributed by atoms with Crippen LogP contribution in [0.3, 0.4) is 0 Å². The summed E-state index contributed by atoms with van der Waals surface area (Å²) in [5, 5.41) is 0. The largest absolute Gasteiger partial charge is 0.300 e. The molecule has 0 aromatic rings. The summed E-state index contributed by atoms with van der Waals surface area (Å²) in [6, 6.07) is 0. The van der Waals surface area contributed by atoms with Crippen LogP contribution in [0.4, 0.5) is 0 Å². The van der Waals surface area contributed by atoms with E-state index in [0.29, 0.717) is 23.0 Å². The minimum absolute atomic E-state index is 0.390. The van der Waals surface area contributed by atoms with Crippen molar-refractivity contribution in [3.05, 3.63) is 11.1 Å². The first-order chi connectivity index (χ1) is 10.1. The molecule has 0 heterocycles. The van der Waals surface area contributed by atoms with E-state index in [1.165, 1.54) is 38.5 Å². The lowest BCUT2D eigenvalue weighted by Crippen LogP contribution is -2.41. The van der Waals surface area contributed by atoms with Gasteiger partial charge in [0.15, 0.2) is 0 Å². The van der Waals surface area contributed by atoms with Gasteiger partial charge in [-0.25, -0.2) is 0 Å². The van der Waals surface area contributed by atoms with Gasteiger partial charge < -0.3 is 0 Å². The number of fused-ring (bicyclic) bond motifs is 4. The Morgan fingerprint density at radius 3 is 2.76 bits per heavy atom. The van der Waals surface area contributed by atoms with Crippen LogP contribution in [0.2, 0.25) is 0 Å². The molecule has 0 aliphatic heterocycles. The molecule has 4 aliphatic rings. The highest BCUT2D eigenvalue weighted by Gasteiger charge is 2.53. The number of terminal acetylenes is 1. The van der Waals surface area contributed by atoms with Crippen LogP contribution in [0, 0.1) is 41.4 Å². The lowest BCUT2D eigenvalue weighted by atomic mass is 9.55. The minimum Gasteiger partial charge on any atom is -0.300 e. The maximum Gasteiger partial charge on any atom is 0.133 e. The molecule has 3 saturated carbocycles. The van der Waals surface area contributed by atoms with Crippen molar-refractivity contribution in [2.75, 3.05) is 0 Å². The highest BCUT2D eigenvalue weighted by atomic mass is 16.1. The summed E-state index contributed by atoms with van der Waals surface area (Å²) in [5.74, 6) is 6.31. The maximum absolute atomic E-state index is 11.7. The summed E-state index contributed by atoms with van der Waals surface area (Å²) < 4.78 is 0. The lowest BCUT2D eigenvalue weighted by molar-refractivity contribution is -0.120. The first kappa shape index (κ1) is 13.6. The molecule has 1 unspecified atom stereocenters. The predicted octanol–water partition coefficient (Wildman–Crippen LogP) is 4.52. The van der Waals surface area contributed by atoms with Gasteiger partial charge in [0, 0.05) is 18.8 Å². The fourth-order valence-corrected chi connectivity index (χ4v) is 6.22. The molecule has 0 radical (unpaired) electrons. The Morgan fingerprint density at radius 1 is 1.10 bits per heavy atom. The monoisotopic (exact) mass is 282 g/mol. The fraction of sp³-hybridized carbons (Fsp3) is 0.750. The number of carbonyl (C=O) groups excluding carboxylic acids is 1. The molecule has 4 rings (SSSR count). The molecule has 0 saturated heterocycles. The van der Waals surface area contributed by atoms with Crippen LogP contribution in [-0.4, -0.2) is 5.78 Å². The van der Waals surface area contributed by atoms with E-state index in [1.54, 1.807) is 11.1 Å². The van der Waals surface area contributed by atoms with Crippen LogP contribution < -0.4 is 0 Å². The van der Waals surface area contributed by atoms with Gasteiger partial charge in [-0.1, -0.05) is 18.1 Å². The molecular formula is C20H26O.